The van der Waals surface area contributed by atoms with Crippen molar-refractivity contribution in [1.82, 2.24) is 0 Å². The zero-order valence-electron chi connectivity index (χ0n) is 9.94. The normalized spacial score (nSPS) is 11.9. The lowest BCUT2D eigenvalue weighted by Crippen LogP contribution is -2.28. The zero-order valence-corrected chi connectivity index (χ0v) is 10.7. The van der Waals surface area contributed by atoms with Crippen molar-refractivity contribution in [3.8, 4) is 0 Å². The van der Waals surface area contributed by atoms with E-state index in [1.54, 1.807) is 30.3 Å². The van der Waals surface area contributed by atoms with Gasteiger partial charge in [-0.2, -0.15) is 0 Å². The van der Waals surface area contributed by atoms with Crippen LogP contribution in [-0.4, -0.2) is 5.91 Å². The number of carbonyl (C=O) groups is 1. The van der Waals surface area contributed by atoms with E-state index in [-0.39, 0.29) is 10.6 Å². The Balaban J connectivity index is 2.36. The molecule has 0 aliphatic carbocycles. The number of halogens is 2. The van der Waals surface area contributed by atoms with Gasteiger partial charge < -0.3 is 11.1 Å². The lowest BCUT2D eigenvalue weighted by Gasteiger charge is -2.18. The number of benzene rings is 2. The predicted octanol–water partition coefficient (Wildman–Crippen LogP) is 3.12. The van der Waals surface area contributed by atoms with Crippen LogP contribution in [0.5, 0.6) is 0 Å². The highest BCUT2D eigenvalue weighted by Gasteiger charge is 2.22. The van der Waals surface area contributed by atoms with Gasteiger partial charge in [-0.3, -0.25) is 4.79 Å². The average Bonchev–Trinajstić information content (AvgIpc) is 2.40. The standard InChI is InChI=1S/C14H12ClFN2O/c15-11-8-4-7-10(12(11)16)13(14(17)19)18-9-5-2-1-3-6-9/h1-8,13,18H,(H2,17,19). The summed E-state index contributed by atoms with van der Waals surface area (Å²) in [4.78, 5) is 11.5. The van der Waals surface area contributed by atoms with Gasteiger partial charge in [-0.05, 0) is 18.2 Å². The van der Waals surface area contributed by atoms with Gasteiger partial charge in [0.25, 0.3) is 0 Å². The van der Waals surface area contributed by atoms with Gasteiger partial charge in [-0.25, -0.2) is 4.39 Å². The predicted molar refractivity (Wildman–Crippen MR) is 73.4 cm³/mol. The molecule has 0 spiro atoms. The molecule has 0 aliphatic rings. The van der Waals surface area contributed by atoms with E-state index in [1.807, 2.05) is 6.07 Å². The van der Waals surface area contributed by atoms with Gasteiger partial charge in [0, 0.05) is 11.3 Å². The number of nitrogens with two attached hydrogens (primary N) is 1. The highest BCUT2D eigenvalue weighted by molar-refractivity contribution is 6.30. The van der Waals surface area contributed by atoms with Crippen molar-refractivity contribution in [2.24, 2.45) is 5.73 Å². The van der Waals surface area contributed by atoms with Gasteiger partial charge in [0.1, 0.15) is 11.9 Å². The highest BCUT2D eigenvalue weighted by Crippen LogP contribution is 2.26. The molecule has 98 valence electrons. The molecule has 0 heterocycles. The van der Waals surface area contributed by atoms with E-state index in [2.05, 4.69) is 5.32 Å². The number of amides is 1. The number of anilines is 1. The first-order chi connectivity index (χ1) is 9.09. The lowest BCUT2D eigenvalue weighted by molar-refractivity contribution is -0.118. The first kappa shape index (κ1) is 13.4. The first-order valence-corrected chi connectivity index (χ1v) is 6.02. The summed E-state index contributed by atoms with van der Waals surface area (Å²) in [5.74, 6) is -1.32. The molecule has 2 aromatic carbocycles. The fraction of sp³-hybridized carbons (Fsp3) is 0.0714. The van der Waals surface area contributed by atoms with Crippen LogP contribution in [0.25, 0.3) is 0 Å². The van der Waals surface area contributed by atoms with Crippen molar-refractivity contribution in [2.45, 2.75) is 6.04 Å². The van der Waals surface area contributed by atoms with Crippen LogP contribution in [0.4, 0.5) is 10.1 Å². The maximum absolute atomic E-state index is 13.9. The summed E-state index contributed by atoms with van der Waals surface area (Å²) in [6.07, 6.45) is 0. The number of hydrogen-bond acceptors (Lipinski definition) is 2. The molecule has 3 N–H and O–H groups in total. The maximum Gasteiger partial charge on any atom is 0.244 e. The number of primary amides is 1. The molecule has 0 aliphatic heterocycles. The quantitative estimate of drug-likeness (QED) is 0.903. The van der Waals surface area contributed by atoms with Crippen molar-refractivity contribution < 1.29 is 9.18 Å². The second-order valence-corrected chi connectivity index (χ2v) is 4.40. The second kappa shape index (κ2) is 5.71. The van der Waals surface area contributed by atoms with Gasteiger partial charge >= 0.3 is 0 Å². The van der Waals surface area contributed by atoms with E-state index in [0.29, 0.717) is 5.69 Å². The molecule has 0 fully saturated rings. The van der Waals surface area contributed by atoms with Crippen LogP contribution in [0.1, 0.15) is 11.6 Å². The van der Waals surface area contributed by atoms with Crippen molar-refractivity contribution in [3.05, 3.63) is 64.9 Å². The van der Waals surface area contributed by atoms with Crippen molar-refractivity contribution in [3.63, 3.8) is 0 Å². The van der Waals surface area contributed by atoms with E-state index < -0.39 is 17.8 Å². The fourth-order valence-corrected chi connectivity index (χ4v) is 1.93. The second-order valence-electron chi connectivity index (χ2n) is 3.99. The molecule has 1 amide bonds. The van der Waals surface area contributed by atoms with Crippen LogP contribution < -0.4 is 11.1 Å². The summed E-state index contributed by atoms with van der Waals surface area (Å²) in [6, 6.07) is 12.5. The van der Waals surface area contributed by atoms with Gasteiger partial charge in [-0.15, -0.1) is 0 Å². The molecule has 2 aromatic rings. The summed E-state index contributed by atoms with van der Waals surface area (Å²) in [6.45, 7) is 0. The molecule has 0 aromatic heterocycles. The third-order valence-corrected chi connectivity index (χ3v) is 2.95. The Morgan fingerprint density at radius 2 is 1.84 bits per heavy atom. The minimum Gasteiger partial charge on any atom is -0.370 e. The number of para-hydroxylation sites is 1. The Morgan fingerprint density at radius 1 is 1.16 bits per heavy atom. The topological polar surface area (TPSA) is 55.1 Å². The molecule has 0 saturated heterocycles. The molecular formula is C14H12ClFN2O. The van der Waals surface area contributed by atoms with Gasteiger partial charge in [-0.1, -0.05) is 41.9 Å². The Bertz CT molecular complexity index is 589. The van der Waals surface area contributed by atoms with E-state index in [1.165, 1.54) is 12.1 Å². The van der Waals surface area contributed by atoms with Crippen molar-refractivity contribution in [2.75, 3.05) is 5.32 Å². The van der Waals surface area contributed by atoms with E-state index in [4.69, 9.17) is 17.3 Å². The Labute approximate surface area is 115 Å². The molecule has 5 heteroatoms. The highest BCUT2D eigenvalue weighted by atomic mass is 35.5. The maximum atomic E-state index is 13.9. The Hall–Kier alpha value is -2.07. The average molecular weight is 279 g/mol. The van der Waals surface area contributed by atoms with Gasteiger partial charge in [0.15, 0.2) is 0 Å². The summed E-state index contributed by atoms with van der Waals surface area (Å²) >= 11 is 5.71. The summed E-state index contributed by atoms with van der Waals surface area (Å²) in [5, 5.41) is 2.85. The van der Waals surface area contributed by atoms with Crippen LogP contribution in [-0.2, 0) is 4.79 Å². The third-order valence-electron chi connectivity index (χ3n) is 2.66. The zero-order chi connectivity index (χ0) is 13.8. The minimum atomic E-state index is -0.971. The molecule has 19 heavy (non-hydrogen) atoms. The third kappa shape index (κ3) is 3.03. The van der Waals surface area contributed by atoms with E-state index in [9.17, 15) is 9.18 Å². The summed E-state index contributed by atoms with van der Waals surface area (Å²) < 4.78 is 13.9. The summed E-state index contributed by atoms with van der Waals surface area (Å²) in [5.41, 5.74) is 6.12. The molecule has 0 bridgehead atoms. The van der Waals surface area contributed by atoms with Crippen LogP contribution in [0.2, 0.25) is 5.02 Å². The van der Waals surface area contributed by atoms with Crippen LogP contribution in [0.3, 0.4) is 0 Å². The van der Waals surface area contributed by atoms with Crippen LogP contribution in [0.15, 0.2) is 48.5 Å². The van der Waals surface area contributed by atoms with Crippen molar-refractivity contribution >= 4 is 23.2 Å². The Kier molecular flexibility index (Phi) is 4.02. The minimum absolute atomic E-state index is 0.0430. The molecule has 0 saturated carbocycles. The first-order valence-electron chi connectivity index (χ1n) is 5.64. The largest absolute Gasteiger partial charge is 0.370 e. The fourth-order valence-electron chi connectivity index (χ4n) is 1.75. The van der Waals surface area contributed by atoms with Crippen LogP contribution in [0, 0.1) is 5.82 Å². The lowest BCUT2D eigenvalue weighted by atomic mass is 10.1. The molecule has 3 nitrogen and oxygen atoms in total. The number of nitrogens with one attached hydrogen (secondary N) is 1. The molecular weight excluding hydrogens is 267 g/mol. The molecule has 1 atom stereocenters. The molecule has 0 radical (unpaired) electrons. The number of rotatable bonds is 4. The van der Waals surface area contributed by atoms with Gasteiger partial charge in [0.05, 0.1) is 5.02 Å². The van der Waals surface area contributed by atoms with E-state index in [0.717, 1.165) is 0 Å². The molecule has 2 rings (SSSR count). The van der Waals surface area contributed by atoms with Gasteiger partial charge in [0.2, 0.25) is 5.91 Å². The monoisotopic (exact) mass is 278 g/mol. The Morgan fingerprint density at radius 3 is 2.47 bits per heavy atom. The number of carbonyl (C=O) groups excluding carboxylic acids is 1. The molecule has 1 unspecified atom stereocenters. The summed E-state index contributed by atoms with van der Waals surface area (Å²) in [7, 11) is 0. The van der Waals surface area contributed by atoms with Crippen molar-refractivity contribution in [1.29, 1.82) is 0 Å². The van der Waals surface area contributed by atoms with E-state index >= 15 is 0 Å². The number of hydrogen-bond donors (Lipinski definition) is 2. The smallest absolute Gasteiger partial charge is 0.244 e. The SMILES string of the molecule is NC(=O)C(Nc1ccccc1)c1cccc(Cl)c1F. The van der Waals surface area contributed by atoms with Crippen LogP contribution >= 0.6 is 11.6 Å².